The number of hydrogen-bond donors (Lipinski definition) is 1. The number of hydrogen-bond acceptors (Lipinski definition) is 2. The van der Waals surface area contributed by atoms with Crippen LogP contribution in [0, 0.1) is 0 Å². The van der Waals surface area contributed by atoms with Gasteiger partial charge in [-0.25, -0.2) is 4.98 Å². The molecule has 2 aromatic heterocycles. The molecule has 0 fully saturated rings. The van der Waals surface area contributed by atoms with Crippen molar-refractivity contribution in [1.29, 1.82) is 0 Å². The molecule has 0 aliphatic heterocycles. The fourth-order valence-corrected chi connectivity index (χ4v) is 1.29. The SMILES string of the molecule is Cn1ccc2ccc(CN)nc21. The lowest BCUT2D eigenvalue weighted by Crippen LogP contribution is -2.00. The van der Waals surface area contributed by atoms with E-state index in [1.165, 1.54) is 0 Å². The van der Waals surface area contributed by atoms with Gasteiger partial charge in [0.25, 0.3) is 0 Å². The van der Waals surface area contributed by atoms with Crippen LogP contribution < -0.4 is 5.73 Å². The van der Waals surface area contributed by atoms with Crippen molar-refractivity contribution in [2.45, 2.75) is 6.54 Å². The van der Waals surface area contributed by atoms with Gasteiger partial charge in [0.1, 0.15) is 5.65 Å². The molecule has 0 amide bonds. The minimum Gasteiger partial charge on any atom is -0.336 e. The Balaban J connectivity index is 2.71. The van der Waals surface area contributed by atoms with Crippen LogP contribution in [0.15, 0.2) is 24.4 Å². The Kier molecular flexibility index (Phi) is 1.59. The first-order chi connectivity index (χ1) is 5.81. The second kappa shape index (κ2) is 2.60. The Bertz CT molecular complexity index is 403. The van der Waals surface area contributed by atoms with E-state index in [2.05, 4.69) is 4.98 Å². The molecule has 2 heterocycles. The largest absolute Gasteiger partial charge is 0.336 e. The molecule has 12 heavy (non-hydrogen) atoms. The van der Waals surface area contributed by atoms with Gasteiger partial charge in [-0.1, -0.05) is 0 Å². The number of nitrogens with two attached hydrogens (primary N) is 1. The third-order valence-corrected chi connectivity index (χ3v) is 1.98. The highest BCUT2D eigenvalue weighted by molar-refractivity contribution is 5.76. The van der Waals surface area contributed by atoms with Crippen LogP contribution in [0.4, 0.5) is 0 Å². The lowest BCUT2D eigenvalue weighted by atomic mass is 10.3. The molecule has 3 heteroatoms. The summed E-state index contributed by atoms with van der Waals surface area (Å²) in [7, 11) is 1.98. The van der Waals surface area contributed by atoms with Crippen LogP contribution >= 0.6 is 0 Å². The fourth-order valence-electron chi connectivity index (χ4n) is 1.29. The maximum absolute atomic E-state index is 5.49. The van der Waals surface area contributed by atoms with Crippen molar-refractivity contribution in [1.82, 2.24) is 9.55 Å². The maximum atomic E-state index is 5.49. The fraction of sp³-hybridized carbons (Fsp3) is 0.222. The molecule has 0 atom stereocenters. The molecule has 2 rings (SSSR count). The molecule has 0 radical (unpaired) electrons. The van der Waals surface area contributed by atoms with Gasteiger partial charge in [-0.2, -0.15) is 0 Å². The predicted octanol–water partition coefficient (Wildman–Crippen LogP) is 1.03. The van der Waals surface area contributed by atoms with E-state index in [1.807, 2.05) is 36.0 Å². The Labute approximate surface area is 70.8 Å². The quantitative estimate of drug-likeness (QED) is 0.679. The first-order valence-corrected chi connectivity index (χ1v) is 3.92. The van der Waals surface area contributed by atoms with Crippen molar-refractivity contribution >= 4 is 11.0 Å². The van der Waals surface area contributed by atoms with Gasteiger partial charge in [0.2, 0.25) is 0 Å². The van der Waals surface area contributed by atoms with Gasteiger partial charge in [-0.15, -0.1) is 0 Å². The van der Waals surface area contributed by atoms with E-state index >= 15 is 0 Å². The highest BCUT2D eigenvalue weighted by atomic mass is 15.0. The zero-order valence-corrected chi connectivity index (χ0v) is 6.99. The van der Waals surface area contributed by atoms with Crippen molar-refractivity contribution in [3.8, 4) is 0 Å². The average molecular weight is 161 g/mol. The minimum atomic E-state index is 0.501. The van der Waals surface area contributed by atoms with E-state index in [-0.39, 0.29) is 0 Å². The van der Waals surface area contributed by atoms with Crippen molar-refractivity contribution in [2.75, 3.05) is 0 Å². The zero-order valence-electron chi connectivity index (χ0n) is 6.99. The van der Waals surface area contributed by atoms with Gasteiger partial charge in [-0.3, -0.25) is 0 Å². The molecule has 62 valence electrons. The highest BCUT2D eigenvalue weighted by Crippen LogP contribution is 2.12. The number of fused-ring (bicyclic) bond motifs is 1. The smallest absolute Gasteiger partial charge is 0.139 e. The second-order valence-electron chi connectivity index (χ2n) is 2.85. The summed E-state index contributed by atoms with van der Waals surface area (Å²) in [5, 5.41) is 1.16. The van der Waals surface area contributed by atoms with Crippen LogP contribution in [0.2, 0.25) is 0 Å². The number of aryl methyl sites for hydroxylation is 1. The van der Waals surface area contributed by atoms with Crippen molar-refractivity contribution < 1.29 is 0 Å². The Hall–Kier alpha value is -1.35. The summed E-state index contributed by atoms with van der Waals surface area (Å²) in [5.74, 6) is 0. The molecular formula is C9H11N3. The maximum Gasteiger partial charge on any atom is 0.139 e. The summed E-state index contributed by atoms with van der Waals surface area (Å²) >= 11 is 0. The van der Waals surface area contributed by atoms with E-state index in [4.69, 9.17) is 5.73 Å². The standard InChI is InChI=1S/C9H11N3/c1-12-5-4-7-2-3-8(6-10)11-9(7)12/h2-5H,6,10H2,1H3. The monoisotopic (exact) mass is 161 g/mol. The van der Waals surface area contributed by atoms with Gasteiger partial charge < -0.3 is 10.3 Å². The van der Waals surface area contributed by atoms with Crippen LogP contribution in [-0.2, 0) is 13.6 Å². The molecule has 0 spiro atoms. The second-order valence-corrected chi connectivity index (χ2v) is 2.85. The van der Waals surface area contributed by atoms with E-state index in [0.717, 1.165) is 16.7 Å². The van der Waals surface area contributed by atoms with Crippen molar-refractivity contribution in [3.05, 3.63) is 30.1 Å². The van der Waals surface area contributed by atoms with Crippen molar-refractivity contribution in [2.24, 2.45) is 12.8 Å². The number of aromatic nitrogens is 2. The summed E-state index contributed by atoms with van der Waals surface area (Å²) in [4.78, 5) is 4.39. The predicted molar refractivity (Wildman–Crippen MR) is 48.6 cm³/mol. The van der Waals surface area contributed by atoms with E-state index in [1.54, 1.807) is 0 Å². The first kappa shape index (κ1) is 7.31. The van der Waals surface area contributed by atoms with Gasteiger partial charge in [0.05, 0.1) is 5.69 Å². The number of pyridine rings is 1. The highest BCUT2D eigenvalue weighted by Gasteiger charge is 1.99. The third kappa shape index (κ3) is 0.987. The van der Waals surface area contributed by atoms with E-state index in [0.29, 0.717) is 6.54 Å². The Morgan fingerprint density at radius 3 is 3.00 bits per heavy atom. The van der Waals surface area contributed by atoms with E-state index < -0.39 is 0 Å². The molecule has 0 saturated heterocycles. The van der Waals surface area contributed by atoms with Crippen LogP contribution in [0.3, 0.4) is 0 Å². The van der Waals surface area contributed by atoms with Gasteiger partial charge in [-0.05, 0) is 18.2 Å². The molecule has 0 aliphatic carbocycles. The first-order valence-electron chi connectivity index (χ1n) is 3.92. The molecule has 2 aromatic rings. The van der Waals surface area contributed by atoms with E-state index in [9.17, 15) is 0 Å². The van der Waals surface area contributed by atoms with Gasteiger partial charge in [0.15, 0.2) is 0 Å². The number of nitrogens with zero attached hydrogens (tertiary/aromatic N) is 2. The average Bonchev–Trinajstić information content (AvgIpc) is 2.47. The molecule has 0 saturated carbocycles. The summed E-state index contributed by atoms with van der Waals surface area (Å²) in [5.41, 5.74) is 7.42. The third-order valence-electron chi connectivity index (χ3n) is 1.98. The molecule has 0 bridgehead atoms. The zero-order chi connectivity index (χ0) is 8.55. The molecule has 2 N–H and O–H groups in total. The van der Waals surface area contributed by atoms with Gasteiger partial charge in [0, 0.05) is 25.2 Å². The lowest BCUT2D eigenvalue weighted by Gasteiger charge is -1.98. The summed E-state index contributed by atoms with van der Waals surface area (Å²) in [6.07, 6.45) is 2.00. The van der Waals surface area contributed by atoms with Crippen LogP contribution in [0.25, 0.3) is 11.0 Å². The van der Waals surface area contributed by atoms with Crippen molar-refractivity contribution in [3.63, 3.8) is 0 Å². The Morgan fingerprint density at radius 2 is 2.25 bits per heavy atom. The van der Waals surface area contributed by atoms with Crippen LogP contribution in [0.5, 0.6) is 0 Å². The van der Waals surface area contributed by atoms with Crippen LogP contribution in [0.1, 0.15) is 5.69 Å². The normalized spacial score (nSPS) is 10.8. The minimum absolute atomic E-state index is 0.501. The topological polar surface area (TPSA) is 43.8 Å². The molecule has 3 nitrogen and oxygen atoms in total. The van der Waals surface area contributed by atoms with Crippen LogP contribution in [-0.4, -0.2) is 9.55 Å². The lowest BCUT2D eigenvalue weighted by molar-refractivity contribution is 0.924. The summed E-state index contributed by atoms with van der Waals surface area (Å²) in [6.45, 7) is 0.501. The Morgan fingerprint density at radius 1 is 1.42 bits per heavy atom. The molecule has 0 unspecified atom stereocenters. The molecule has 0 aliphatic rings. The molecular weight excluding hydrogens is 150 g/mol. The molecule has 0 aromatic carbocycles. The number of rotatable bonds is 1. The summed E-state index contributed by atoms with van der Waals surface area (Å²) < 4.78 is 1.99. The van der Waals surface area contributed by atoms with Gasteiger partial charge >= 0.3 is 0 Å². The summed E-state index contributed by atoms with van der Waals surface area (Å²) in [6, 6.07) is 6.05.